The molecule has 0 bridgehead atoms. The molecule has 0 fully saturated rings. The van der Waals surface area contributed by atoms with Gasteiger partial charge in [0.15, 0.2) is 0 Å². The summed E-state index contributed by atoms with van der Waals surface area (Å²) in [6.45, 7) is 4.99. The molecular formula is C73H141NO5. The van der Waals surface area contributed by atoms with Gasteiger partial charge in [-0.05, 0) is 57.8 Å². The van der Waals surface area contributed by atoms with Crippen LogP contribution in [0.5, 0.6) is 0 Å². The summed E-state index contributed by atoms with van der Waals surface area (Å²) in [5.41, 5.74) is 0. The van der Waals surface area contributed by atoms with Gasteiger partial charge in [-0.2, -0.15) is 0 Å². The van der Waals surface area contributed by atoms with Crippen LogP contribution in [-0.4, -0.2) is 47.4 Å². The molecule has 0 heterocycles. The molecule has 1 amide bonds. The summed E-state index contributed by atoms with van der Waals surface area (Å²) < 4.78 is 5.48. The molecule has 0 aliphatic heterocycles. The van der Waals surface area contributed by atoms with Crippen LogP contribution >= 0.6 is 0 Å². The Morgan fingerprint density at radius 1 is 0.354 bits per heavy atom. The Morgan fingerprint density at radius 2 is 0.633 bits per heavy atom. The van der Waals surface area contributed by atoms with Crippen LogP contribution in [0.15, 0.2) is 24.3 Å². The number of amides is 1. The van der Waals surface area contributed by atoms with E-state index in [1.807, 2.05) is 0 Å². The standard InChI is InChI=1S/C73H141NO5/c1-3-5-7-9-11-13-15-17-18-36-39-42-45-49-53-57-61-65-71(76)70(69-75)74-72(77)66-62-58-54-50-46-43-40-37-34-32-30-28-26-24-22-20-19-21-23-25-27-29-31-33-35-38-41-44-48-52-56-60-64-68-79-73(78)67-63-59-55-51-47-16-14-12-10-8-6-4-2/h23,25,29,31,70-71,75-76H,3-22,24,26-28,30,32-69H2,1-2H3,(H,74,77)/b25-23-,31-29-. The van der Waals surface area contributed by atoms with Crippen molar-refractivity contribution in [3.05, 3.63) is 24.3 Å². The van der Waals surface area contributed by atoms with E-state index in [1.54, 1.807) is 0 Å². The predicted molar refractivity (Wildman–Crippen MR) is 347 cm³/mol. The summed E-state index contributed by atoms with van der Waals surface area (Å²) in [6, 6.07) is -0.540. The predicted octanol–water partition coefficient (Wildman–Crippen LogP) is 23.3. The second-order valence-electron chi connectivity index (χ2n) is 24.9. The molecule has 0 rings (SSSR count). The second-order valence-corrected chi connectivity index (χ2v) is 24.9. The van der Waals surface area contributed by atoms with Gasteiger partial charge < -0.3 is 20.3 Å². The van der Waals surface area contributed by atoms with E-state index >= 15 is 0 Å². The van der Waals surface area contributed by atoms with Crippen LogP contribution in [-0.2, 0) is 14.3 Å². The zero-order valence-corrected chi connectivity index (χ0v) is 53.6. The Kier molecular flexibility index (Phi) is 67.4. The quantitative estimate of drug-likeness (QED) is 0.0320. The van der Waals surface area contributed by atoms with E-state index in [9.17, 15) is 19.8 Å². The van der Waals surface area contributed by atoms with Crippen LogP contribution in [0.4, 0.5) is 0 Å². The normalized spacial score (nSPS) is 12.6. The molecule has 0 saturated carbocycles. The lowest BCUT2D eigenvalue weighted by molar-refractivity contribution is -0.143. The van der Waals surface area contributed by atoms with E-state index in [0.717, 1.165) is 44.9 Å². The van der Waals surface area contributed by atoms with Gasteiger partial charge in [0.05, 0.1) is 25.4 Å². The first-order chi connectivity index (χ1) is 39.0. The third kappa shape index (κ3) is 65.4. The van der Waals surface area contributed by atoms with Crippen molar-refractivity contribution in [1.82, 2.24) is 5.32 Å². The van der Waals surface area contributed by atoms with Gasteiger partial charge in [-0.1, -0.05) is 359 Å². The number of ether oxygens (including phenoxy) is 1. The van der Waals surface area contributed by atoms with Crippen LogP contribution in [0.3, 0.4) is 0 Å². The Balaban J connectivity index is 3.37. The smallest absolute Gasteiger partial charge is 0.305 e. The summed E-state index contributed by atoms with van der Waals surface area (Å²) in [5.74, 6) is -0.0138. The Morgan fingerprint density at radius 3 is 0.962 bits per heavy atom. The summed E-state index contributed by atoms with van der Waals surface area (Å²) in [7, 11) is 0. The monoisotopic (exact) mass is 1110 g/mol. The first kappa shape index (κ1) is 77.3. The van der Waals surface area contributed by atoms with E-state index in [-0.39, 0.29) is 18.5 Å². The molecule has 0 aromatic rings. The lowest BCUT2D eigenvalue weighted by atomic mass is 10.0. The number of aliphatic hydroxyl groups excluding tert-OH is 2. The number of unbranched alkanes of at least 4 members (excludes halogenated alkanes) is 53. The number of carbonyl (C=O) groups excluding carboxylic acids is 2. The fourth-order valence-corrected chi connectivity index (χ4v) is 11.5. The molecule has 468 valence electrons. The molecule has 0 spiro atoms. The van der Waals surface area contributed by atoms with Crippen molar-refractivity contribution in [2.75, 3.05) is 13.2 Å². The number of allylic oxidation sites excluding steroid dienone is 4. The molecule has 6 nitrogen and oxygen atoms in total. The highest BCUT2D eigenvalue weighted by Crippen LogP contribution is 2.19. The molecule has 0 aromatic heterocycles. The summed E-state index contributed by atoms with van der Waals surface area (Å²) >= 11 is 0. The van der Waals surface area contributed by atoms with Crippen molar-refractivity contribution < 1.29 is 24.5 Å². The minimum atomic E-state index is -0.663. The van der Waals surface area contributed by atoms with Crippen molar-refractivity contribution in [2.45, 2.75) is 418 Å². The van der Waals surface area contributed by atoms with Gasteiger partial charge in [-0.15, -0.1) is 0 Å². The number of esters is 1. The summed E-state index contributed by atoms with van der Waals surface area (Å²) in [4.78, 5) is 24.6. The third-order valence-electron chi connectivity index (χ3n) is 17.0. The van der Waals surface area contributed by atoms with Crippen LogP contribution in [0.1, 0.15) is 406 Å². The van der Waals surface area contributed by atoms with Crippen LogP contribution < -0.4 is 5.32 Å². The molecule has 2 unspecified atom stereocenters. The number of rotatable bonds is 68. The van der Waals surface area contributed by atoms with Gasteiger partial charge in [0.25, 0.3) is 0 Å². The number of carbonyl (C=O) groups is 2. The van der Waals surface area contributed by atoms with Crippen molar-refractivity contribution >= 4 is 11.9 Å². The molecule has 0 aliphatic rings. The Bertz CT molecular complexity index is 1230. The SMILES string of the molecule is CCCCCCCCCCCCCCCCCCCC(O)C(CO)NC(=O)CCCCCCCCCCCCCCCCCCC/C=C\C/C=C\CCCCCCCCCCCOC(=O)CCCCCCCCCCCCCC. The number of hydrogen-bond donors (Lipinski definition) is 3. The fraction of sp³-hybridized carbons (Fsp3) is 0.918. The van der Waals surface area contributed by atoms with E-state index in [0.29, 0.717) is 25.9 Å². The van der Waals surface area contributed by atoms with E-state index in [1.165, 1.54) is 327 Å². The van der Waals surface area contributed by atoms with Crippen LogP contribution in [0, 0.1) is 0 Å². The van der Waals surface area contributed by atoms with Gasteiger partial charge in [-0.3, -0.25) is 9.59 Å². The molecule has 2 atom stereocenters. The minimum Gasteiger partial charge on any atom is -0.466 e. The topological polar surface area (TPSA) is 95.9 Å². The minimum absolute atomic E-state index is 0.0155. The summed E-state index contributed by atoms with van der Waals surface area (Å²) in [5, 5.41) is 23.4. The average molecular weight is 1110 g/mol. The third-order valence-corrected chi connectivity index (χ3v) is 17.0. The van der Waals surface area contributed by atoms with Crippen LogP contribution in [0.2, 0.25) is 0 Å². The maximum atomic E-state index is 12.5. The Labute approximate surface area is 494 Å². The fourth-order valence-electron chi connectivity index (χ4n) is 11.5. The molecular weight excluding hydrogens is 971 g/mol. The highest BCUT2D eigenvalue weighted by molar-refractivity contribution is 5.76. The highest BCUT2D eigenvalue weighted by atomic mass is 16.5. The maximum absolute atomic E-state index is 12.5. The molecule has 0 saturated heterocycles. The van der Waals surface area contributed by atoms with Crippen molar-refractivity contribution in [3.63, 3.8) is 0 Å². The van der Waals surface area contributed by atoms with E-state index < -0.39 is 12.1 Å². The van der Waals surface area contributed by atoms with Gasteiger partial charge in [0.2, 0.25) is 5.91 Å². The maximum Gasteiger partial charge on any atom is 0.305 e. The van der Waals surface area contributed by atoms with Gasteiger partial charge in [0.1, 0.15) is 0 Å². The molecule has 6 heteroatoms. The number of aliphatic hydroxyl groups is 2. The molecule has 0 aliphatic carbocycles. The van der Waals surface area contributed by atoms with Gasteiger partial charge in [0, 0.05) is 12.8 Å². The average Bonchev–Trinajstić information content (AvgIpc) is 3.45. The summed E-state index contributed by atoms with van der Waals surface area (Å²) in [6.07, 6.45) is 86.7. The van der Waals surface area contributed by atoms with Crippen molar-refractivity contribution in [1.29, 1.82) is 0 Å². The lowest BCUT2D eigenvalue weighted by Crippen LogP contribution is -2.45. The molecule has 0 aromatic carbocycles. The molecule has 3 N–H and O–H groups in total. The van der Waals surface area contributed by atoms with Crippen LogP contribution in [0.25, 0.3) is 0 Å². The van der Waals surface area contributed by atoms with Crippen molar-refractivity contribution in [2.24, 2.45) is 0 Å². The van der Waals surface area contributed by atoms with Gasteiger partial charge in [-0.25, -0.2) is 0 Å². The molecule has 79 heavy (non-hydrogen) atoms. The highest BCUT2D eigenvalue weighted by Gasteiger charge is 2.20. The number of hydrogen-bond acceptors (Lipinski definition) is 5. The lowest BCUT2D eigenvalue weighted by Gasteiger charge is -2.22. The van der Waals surface area contributed by atoms with Gasteiger partial charge >= 0.3 is 5.97 Å². The number of nitrogens with one attached hydrogen (secondary N) is 1. The zero-order valence-electron chi connectivity index (χ0n) is 53.6. The van der Waals surface area contributed by atoms with E-state index in [4.69, 9.17) is 4.74 Å². The first-order valence-corrected chi connectivity index (χ1v) is 36.1. The Hall–Kier alpha value is -1.66. The van der Waals surface area contributed by atoms with E-state index in [2.05, 4.69) is 43.5 Å². The van der Waals surface area contributed by atoms with Crippen molar-refractivity contribution in [3.8, 4) is 0 Å². The zero-order chi connectivity index (χ0) is 57.1. The largest absolute Gasteiger partial charge is 0.466 e. The second kappa shape index (κ2) is 68.8. The molecule has 0 radical (unpaired) electrons. The first-order valence-electron chi connectivity index (χ1n) is 36.1.